The van der Waals surface area contributed by atoms with Crippen LogP contribution in [0.4, 0.5) is 13.2 Å². The van der Waals surface area contributed by atoms with Crippen LogP contribution in [0.5, 0.6) is 0 Å². The van der Waals surface area contributed by atoms with Crippen molar-refractivity contribution in [3.05, 3.63) is 74.8 Å². The monoisotopic (exact) mass is 676 g/mol. The molecular weight excluding hydrogens is 649 g/mol. The molecule has 236 valence electrons. The molecule has 3 fully saturated rings. The lowest BCUT2D eigenvalue weighted by molar-refractivity contribution is -0.00503. The predicted octanol–water partition coefficient (Wildman–Crippen LogP) is 4.99. The Labute approximate surface area is 266 Å². The molecule has 0 radical (unpaired) electrons. The number of nitrogens with one attached hydrogen (secondary N) is 1. The number of terminal acetylenes is 1. The number of thiazole rings is 1. The zero-order chi connectivity index (χ0) is 31.7. The van der Waals surface area contributed by atoms with E-state index in [1.54, 1.807) is 11.6 Å². The molecule has 1 saturated heterocycles. The predicted molar refractivity (Wildman–Crippen MR) is 163 cm³/mol. The Bertz CT molecular complexity index is 1840. The molecule has 4 heterocycles. The van der Waals surface area contributed by atoms with Crippen molar-refractivity contribution in [2.45, 2.75) is 61.6 Å². The number of alkyl halides is 2. The van der Waals surface area contributed by atoms with E-state index in [1.807, 2.05) is 4.90 Å². The normalized spacial score (nSPS) is 29.7. The van der Waals surface area contributed by atoms with Gasteiger partial charge in [-0.2, -0.15) is 13.9 Å². The van der Waals surface area contributed by atoms with Crippen molar-refractivity contribution >= 4 is 44.4 Å². The summed E-state index contributed by atoms with van der Waals surface area (Å²) >= 11 is 7.86. The van der Waals surface area contributed by atoms with E-state index in [0.29, 0.717) is 45.2 Å². The lowest BCUT2D eigenvalue weighted by atomic mass is 9.75. The second-order valence-corrected chi connectivity index (χ2v) is 15.2. The molecule has 2 saturated carbocycles. The standard InChI is InChI=1S/C30H28ClF3N6O3S2/c1-2-30(41)16-3-4-17(30)12-20(11-16)45(42,43)38-19-14-24-25(23-7-9-40(37-23)29(33)34)26(21-6-5-18(32)13-22(21)31)36-27(39(24)15-19)28-35-8-10-44-28/h1,5-10,13,16-17,19-20,26,29,38,41H,3-4,11-12,14-15H2/t16-,17?,19-,20-,26-,30-/m0/s1. The van der Waals surface area contributed by atoms with Gasteiger partial charge in [0.15, 0.2) is 10.8 Å². The van der Waals surface area contributed by atoms with Crippen LogP contribution in [0.15, 0.2) is 52.7 Å². The average Bonchev–Trinajstić information content (AvgIpc) is 3.79. The molecule has 9 nitrogen and oxygen atoms in total. The van der Waals surface area contributed by atoms with Crippen molar-refractivity contribution in [3.8, 4) is 12.3 Å². The first-order valence-corrected chi connectivity index (χ1v) is 17.3. The molecule has 0 spiro atoms. The van der Waals surface area contributed by atoms with E-state index in [1.165, 1.54) is 29.5 Å². The molecule has 45 heavy (non-hydrogen) atoms. The third-order valence-electron chi connectivity index (χ3n) is 9.43. The zero-order valence-electron chi connectivity index (χ0n) is 23.7. The summed E-state index contributed by atoms with van der Waals surface area (Å²) in [4.78, 5) is 11.3. The first-order valence-electron chi connectivity index (χ1n) is 14.5. The number of aliphatic imine (C=N–C) groups is 1. The highest BCUT2D eigenvalue weighted by Crippen LogP contribution is 2.51. The maximum Gasteiger partial charge on any atom is 0.333 e. The van der Waals surface area contributed by atoms with Crippen LogP contribution in [-0.2, 0) is 10.0 Å². The third-order valence-corrected chi connectivity index (χ3v) is 12.4. The van der Waals surface area contributed by atoms with Crippen LogP contribution in [-0.4, -0.2) is 62.5 Å². The molecule has 7 rings (SSSR count). The Balaban J connectivity index is 1.28. The Morgan fingerprint density at radius 2 is 1.98 bits per heavy atom. The lowest BCUT2D eigenvalue weighted by Crippen LogP contribution is -2.51. The largest absolute Gasteiger partial charge is 0.377 e. The summed E-state index contributed by atoms with van der Waals surface area (Å²) in [5.41, 5.74) is 0.446. The van der Waals surface area contributed by atoms with E-state index in [0.717, 1.165) is 12.3 Å². The minimum absolute atomic E-state index is 0.0937. The van der Waals surface area contributed by atoms with Gasteiger partial charge in [0.2, 0.25) is 10.0 Å². The molecule has 3 aromatic rings. The summed E-state index contributed by atoms with van der Waals surface area (Å²) in [6.07, 6.45) is 10.5. The minimum atomic E-state index is -3.85. The number of hydrogen-bond donors (Lipinski definition) is 2. The Morgan fingerprint density at radius 1 is 1.22 bits per heavy atom. The van der Waals surface area contributed by atoms with Gasteiger partial charge in [0.05, 0.1) is 10.9 Å². The second-order valence-electron chi connectivity index (χ2n) is 11.9. The number of amidine groups is 1. The maximum atomic E-state index is 14.1. The van der Waals surface area contributed by atoms with E-state index < -0.39 is 45.3 Å². The van der Waals surface area contributed by atoms with E-state index in [9.17, 15) is 26.7 Å². The van der Waals surface area contributed by atoms with Gasteiger partial charge in [-0.25, -0.2) is 27.2 Å². The first kappa shape index (κ1) is 30.4. The van der Waals surface area contributed by atoms with Crippen molar-refractivity contribution in [1.29, 1.82) is 0 Å². The summed E-state index contributed by atoms with van der Waals surface area (Å²) < 4.78 is 72.3. The van der Waals surface area contributed by atoms with Gasteiger partial charge in [0, 0.05) is 70.5 Å². The van der Waals surface area contributed by atoms with Gasteiger partial charge in [-0.1, -0.05) is 23.6 Å². The number of aromatic nitrogens is 3. The summed E-state index contributed by atoms with van der Waals surface area (Å²) in [5.74, 6) is 1.85. The van der Waals surface area contributed by atoms with Gasteiger partial charge in [0.1, 0.15) is 17.5 Å². The molecule has 4 aliphatic rings. The SMILES string of the molecule is C#C[C@@]1(O)C2CC[C@H]1C[C@H](S(=O)(=O)N[C@H]1CC3=C(c4ccn(C(F)F)n4)[C@H](c4ccc(F)cc4Cl)N=C(c4nccs4)N3C1)C2. The topological polar surface area (TPSA) is 113 Å². The van der Waals surface area contributed by atoms with Crippen molar-refractivity contribution in [2.24, 2.45) is 16.8 Å². The molecule has 0 amide bonds. The lowest BCUT2D eigenvalue weighted by Gasteiger charge is -2.39. The van der Waals surface area contributed by atoms with Gasteiger partial charge in [-0.05, 0) is 43.9 Å². The van der Waals surface area contributed by atoms with Crippen LogP contribution >= 0.6 is 22.9 Å². The molecule has 2 aliphatic heterocycles. The van der Waals surface area contributed by atoms with E-state index in [-0.39, 0.29) is 48.4 Å². The first-order chi connectivity index (χ1) is 21.5. The van der Waals surface area contributed by atoms with E-state index in [4.69, 9.17) is 23.0 Å². The molecule has 2 N–H and O–H groups in total. The fourth-order valence-electron chi connectivity index (χ4n) is 7.35. The number of aliphatic hydroxyl groups is 1. The number of halogens is 4. The molecule has 2 bridgehead atoms. The van der Waals surface area contributed by atoms with Gasteiger partial charge >= 0.3 is 6.55 Å². The van der Waals surface area contributed by atoms with E-state index >= 15 is 0 Å². The van der Waals surface area contributed by atoms with Crippen molar-refractivity contribution in [1.82, 2.24) is 24.4 Å². The van der Waals surface area contributed by atoms with Gasteiger partial charge < -0.3 is 10.0 Å². The second kappa shape index (κ2) is 11.2. The average molecular weight is 677 g/mol. The number of rotatable bonds is 7. The summed E-state index contributed by atoms with van der Waals surface area (Å²) in [6, 6.07) is 3.88. The zero-order valence-corrected chi connectivity index (χ0v) is 26.0. The number of hydrogen-bond acceptors (Lipinski definition) is 8. The van der Waals surface area contributed by atoms with Crippen molar-refractivity contribution in [2.75, 3.05) is 6.54 Å². The van der Waals surface area contributed by atoms with Gasteiger partial charge in [-0.15, -0.1) is 17.8 Å². The highest BCUT2D eigenvalue weighted by atomic mass is 35.5. The molecule has 1 unspecified atom stereocenters. The summed E-state index contributed by atoms with van der Waals surface area (Å²) in [6.45, 7) is -2.68. The molecule has 2 aromatic heterocycles. The Morgan fingerprint density at radius 3 is 2.60 bits per heavy atom. The Kier molecular flexibility index (Phi) is 7.60. The number of benzene rings is 1. The molecular formula is C30H28ClF3N6O3S2. The van der Waals surface area contributed by atoms with Crippen LogP contribution < -0.4 is 4.72 Å². The highest BCUT2D eigenvalue weighted by Gasteiger charge is 2.55. The van der Waals surface area contributed by atoms with Crippen molar-refractivity contribution < 1.29 is 26.7 Å². The molecule has 6 atom stereocenters. The fourth-order valence-corrected chi connectivity index (χ4v) is 10.0. The smallest absolute Gasteiger partial charge is 0.333 e. The molecule has 1 aromatic carbocycles. The molecule has 2 aliphatic carbocycles. The quantitative estimate of drug-likeness (QED) is 0.341. The van der Waals surface area contributed by atoms with E-state index in [2.05, 4.69) is 20.7 Å². The Hall–Kier alpha value is -3.22. The summed E-state index contributed by atoms with van der Waals surface area (Å²) in [5, 5.41) is 16.8. The van der Waals surface area contributed by atoms with Gasteiger partial charge in [0.25, 0.3) is 0 Å². The number of nitrogens with zero attached hydrogens (tertiary/aromatic N) is 5. The van der Waals surface area contributed by atoms with Crippen LogP contribution in [0.3, 0.4) is 0 Å². The molecule has 15 heteroatoms. The van der Waals surface area contributed by atoms with Crippen LogP contribution in [0.2, 0.25) is 5.02 Å². The van der Waals surface area contributed by atoms with Crippen LogP contribution in [0.1, 0.15) is 61.0 Å². The highest BCUT2D eigenvalue weighted by molar-refractivity contribution is 7.90. The number of fused-ring (bicyclic) bond motifs is 3. The number of sulfonamides is 1. The fraction of sp³-hybridized carbons (Fsp3) is 0.433. The van der Waals surface area contributed by atoms with Crippen LogP contribution in [0.25, 0.3) is 5.57 Å². The third kappa shape index (κ3) is 5.18. The maximum absolute atomic E-state index is 14.1. The van der Waals surface area contributed by atoms with Gasteiger partial charge in [-0.3, -0.25) is 4.99 Å². The summed E-state index contributed by atoms with van der Waals surface area (Å²) in [7, 11) is -3.85. The van der Waals surface area contributed by atoms with Crippen LogP contribution in [0, 0.1) is 30.0 Å². The van der Waals surface area contributed by atoms with Crippen molar-refractivity contribution in [3.63, 3.8) is 0 Å². The minimum Gasteiger partial charge on any atom is -0.377 e.